The number of nitrogens with zero attached hydrogens (tertiary/aromatic N) is 1. The van der Waals surface area contributed by atoms with E-state index in [1.807, 2.05) is 30.3 Å². The maximum atomic E-state index is 12.5. The molecule has 4 rings (SSSR count). The van der Waals surface area contributed by atoms with Gasteiger partial charge in [0.25, 0.3) is 5.91 Å². The minimum Gasteiger partial charge on any atom is -0.494 e. The third-order valence-corrected chi connectivity index (χ3v) is 6.09. The monoisotopic (exact) mass is 566 g/mol. The first-order valence-electron chi connectivity index (χ1n) is 13.8. The number of hydrazone groups is 1. The Bertz CT molecular complexity index is 1440. The van der Waals surface area contributed by atoms with Gasteiger partial charge in [0.15, 0.2) is 6.10 Å². The maximum Gasteiger partial charge on any atom is 0.343 e. The van der Waals surface area contributed by atoms with E-state index in [9.17, 15) is 9.59 Å². The Balaban J connectivity index is 1.19. The Morgan fingerprint density at radius 3 is 2.10 bits per heavy atom. The summed E-state index contributed by atoms with van der Waals surface area (Å²) in [6.07, 6.45) is 2.76. The second-order valence-corrected chi connectivity index (χ2v) is 9.42. The van der Waals surface area contributed by atoms with E-state index in [-0.39, 0.29) is 0 Å². The molecule has 216 valence electrons. The van der Waals surface area contributed by atoms with E-state index in [1.54, 1.807) is 79.7 Å². The van der Waals surface area contributed by atoms with Crippen LogP contribution in [-0.2, 0) is 11.4 Å². The van der Waals surface area contributed by atoms with Crippen LogP contribution in [-0.4, -0.2) is 30.8 Å². The van der Waals surface area contributed by atoms with Gasteiger partial charge >= 0.3 is 5.97 Å². The molecule has 1 atom stereocenters. The van der Waals surface area contributed by atoms with Gasteiger partial charge in [0, 0.05) is 0 Å². The summed E-state index contributed by atoms with van der Waals surface area (Å²) in [6, 6.07) is 30.6. The van der Waals surface area contributed by atoms with Crippen LogP contribution in [0.15, 0.2) is 108 Å². The van der Waals surface area contributed by atoms with E-state index in [0.717, 1.165) is 24.2 Å². The second kappa shape index (κ2) is 15.6. The van der Waals surface area contributed by atoms with Gasteiger partial charge < -0.3 is 18.9 Å². The Morgan fingerprint density at radius 2 is 1.40 bits per heavy atom. The second-order valence-electron chi connectivity index (χ2n) is 9.42. The lowest BCUT2D eigenvalue weighted by molar-refractivity contribution is -0.127. The normalized spacial score (nSPS) is 11.5. The van der Waals surface area contributed by atoms with Gasteiger partial charge in [-0.25, -0.2) is 10.2 Å². The van der Waals surface area contributed by atoms with Crippen LogP contribution in [0, 0.1) is 0 Å². The molecular formula is C34H34N2O6. The first-order chi connectivity index (χ1) is 20.5. The molecule has 8 heteroatoms. The van der Waals surface area contributed by atoms with Crippen LogP contribution in [0.2, 0.25) is 0 Å². The predicted molar refractivity (Wildman–Crippen MR) is 161 cm³/mol. The molecule has 0 radical (unpaired) electrons. The first-order valence-corrected chi connectivity index (χ1v) is 13.8. The van der Waals surface area contributed by atoms with E-state index in [0.29, 0.717) is 41.6 Å². The molecule has 1 N–H and O–H groups in total. The molecule has 0 aromatic heterocycles. The summed E-state index contributed by atoms with van der Waals surface area (Å²) >= 11 is 0. The Kier molecular flexibility index (Phi) is 11.1. The summed E-state index contributed by atoms with van der Waals surface area (Å²) in [5, 5.41) is 4.00. The zero-order valence-corrected chi connectivity index (χ0v) is 23.7. The van der Waals surface area contributed by atoms with Gasteiger partial charge in [-0.2, -0.15) is 5.10 Å². The number of hydrogen-bond donors (Lipinski definition) is 1. The smallest absolute Gasteiger partial charge is 0.343 e. The summed E-state index contributed by atoms with van der Waals surface area (Å²) in [4.78, 5) is 24.9. The van der Waals surface area contributed by atoms with Crippen molar-refractivity contribution in [2.75, 3.05) is 6.61 Å². The zero-order valence-electron chi connectivity index (χ0n) is 23.7. The Hall–Kier alpha value is -5.11. The molecule has 0 aliphatic heterocycles. The van der Waals surface area contributed by atoms with E-state index in [2.05, 4.69) is 17.5 Å². The number of nitrogens with one attached hydrogen (secondary N) is 1. The third kappa shape index (κ3) is 9.52. The van der Waals surface area contributed by atoms with Gasteiger partial charge in [-0.1, -0.05) is 43.7 Å². The lowest BCUT2D eigenvalue weighted by atomic mass is 10.2. The largest absolute Gasteiger partial charge is 0.494 e. The standard InChI is InChI=1S/C34H34N2O6/c1-3-4-22-39-29-16-12-28(13-17-29)34(38)42-32-14-10-26(11-15-32)23-35-36-33(37)25(2)41-31-20-18-30(19-21-31)40-24-27-8-6-5-7-9-27/h5-21,23,25H,3-4,22,24H2,1-2H3,(H,36,37)/b35-23+. The summed E-state index contributed by atoms with van der Waals surface area (Å²) in [6.45, 7) is 4.85. The van der Waals surface area contributed by atoms with E-state index in [4.69, 9.17) is 18.9 Å². The number of unbranched alkanes of at least 4 members (excludes halogenated alkanes) is 1. The SMILES string of the molecule is CCCCOc1ccc(C(=O)Oc2ccc(/C=N/NC(=O)C(C)Oc3ccc(OCc4ccccc4)cc3)cc2)cc1. The van der Waals surface area contributed by atoms with Crippen molar-refractivity contribution in [3.05, 3.63) is 120 Å². The van der Waals surface area contributed by atoms with Crippen LogP contribution >= 0.6 is 0 Å². The number of ether oxygens (including phenoxy) is 4. The summed E-state index contributed by atoms with van der Waals surface area (Å²) in [5.41, 5.74) is 4.69. The van der Waals surface area contributed by atoms with Crippen molar-refractivity contribution in [1.29, 1.82) is 0 Å². The van der Waals surface area contributed by atoms with Crippen molar-refractivity contribution < 1.29 is 28.5 Å². The molecule has 0 saturated carbocycles. The van der Waals surface area contributed by atoms with Gasteiger partial charge in [-0.3, -0.25) is 4.79 Å². The summed E-state index contributed by atoms with van der Waals surface area (Å²) in [5.74, 6) is 1.49. The molecule has 1 amide bonds. The maximum absolute atomic E-state index is 12.5. The number of hydrogen-bond acceptors (Lipinski definition) is 7. The number of rotatable bonds is 14. The molecule has 0 aliphatic carbocycles. The van der Waals surface area contributed by atoms with Crippen molar-refractivity contribution in [3.63, 3.8) is 0 Å². The first kappa shape index (κ1) is 29.9. The van der Waals surface area contributed by atoms with Gasteiger partial charge in [0.1, 0.15) is 29.6 Å². The molecule has 4 aromatic rings. The van der Waals surface area contributed by atoms with Crippen molar-refractivity contribution in [1.82, 2.24) is 5.43 Å². The number of esters is 1. The summed E-state index contributed by atoms with van der Waals surface area (Å²) in [7, 11) is 0. The molecule has 0 saturated heterocycles. The molecule has 0 spiro atoms. The van der Waals surface area contributed by atoms with Crippen molar-refractivity contribution in [3.8, 4) is 23.0 Å². The highest BCUT2D eigenvalue weighted by molar-refractivity contribution is 5.91. The van der Waals surface area contributed by atoms with Crippen LogP contribution in [0.3, 0.4) is 0 Å². The predicted octanol–water partition coefficient (Wildman–Crippen LogP) is 6.58. The minimum atomic E-state index is -0.767. The lowest BCUT2D eigenvalue weighted by Crippen LogP contribution is -2.33. The van der Waals surface area contributed by atoms with Crippen molar-refractivity contribution in [2.24, 2.45) is 5.10 Å². The third-order valence-electron chi connectivity index (χ3n) is 6.09. The molecule has 0 aliphatic rings. The van der Waals surface area contributed by atoms with Gasteiger partial charge in [0.2, 0.25) is 0 Å². The number of carbonyl (C=O) groups is 2. The molecule has 0 bridgehead atoms. The zero-order chi connectivity index (χ0) is 29.6. The van der Waals surface area contributed by atoms with Crippen molar-refractivity contribution in [2.45, 2.75) is 39.4 Å². The average Bonchev–Trinajstić information content (AvgIpc) is 3.02. The fourth-order valence-corrected chi connectivity index (χ4v) is 3.68. The van der Waals surface area contributed by atoms with Gasteiger partial charge in [-0.15, -0.1) is 0 Å². The highest BCUT2D eigenvalue weighted by Gasteiger charge is 2.14. The quantitative estimate of drug-likeness (QED) is 0.0609. The molecule has 4 aromatic carbocycles. The fraction of sp³-hybridized carbons (Fsp3) is 0.206. The lowest BCUT2D eigenvalue weighted by Gasteiger charge is -2.13. The molecule has 42 heavy (non-hydrogen) atoms. The van der Waals surface area contributed by atoms with E-state index < -0.39 is 18.0 Å². The number of carbonyl (C=O) groups excluding carboxylic acids is 2. The average molecular weight is 567 g/mol. The van der Waals surface area contributed by atoms with E-state index in [1.165, 1.54) is 6.21 Å². The molecule has 1 unspecified atom stereocenters. The molecule has 8 nitrogen and oxygen atoms in total. The van der Waals surface area contributed by atoms with Crippen LogP contribution in [0.4, 0.5) is 0 Å². The van der Waals surface area contributed by atoms with Gasteiger partial charge in [-0.05, 0) is 97.3 Å². The van der Waals surface area contributed by atoms with Crippen LogP contribution in [0.1, 0.15) is 48.2 Å². The molecule has 0 fully saturated rings. The fourth-order valence-electron chi connectivity index (χ4n) is 3.68. The highest BCUT2D eigenvalue weighted by atomic mass is 16.5. The number of benzene rings is 4. The van der Waals surface area contributed by atoms with Crippen LogP contribution < -0.4 is 24.4 Å². The minimum absolute atomic E-state index is 0.392. The molecule has 0 heterocycles. The van der Waals surface area contributed by atoms with Crippen molar-refractivity contribution >= 4 is 18.1 Å². The topological polar surface area (TPSA) is 95.5 Å². The summed E-state index contributed by atoms with van der Waals surface area (Å²) < 4.78 is 22.6. The Morgan fingerprint density at radius 1 is 0.786 bits per heavy atom. The molecular weight excluding hydrogens is 532 g/mol. The highest BCUT2D eigenvalue weighted by Crippen LogP contribution is 2.20. The number of amides is 1. The van der Waals surface area contributed by atoms with E-state index >= 15 is 0 Å². The Labute approximate surface area is 245 Å². The van der Waals surface area contributed by atoms with Crippen LogP contribution in [0.5, 0.6) is 23.0 Å². The van der Waals surface area contributed by atoms with Gasteiger partial charge in [0.05, 0.1) is 18.4 Å². The van der Waals surface area contributed by atoms with Crippen LogP contribution in [0.25, 0.3) is 0 Å².